The fourth-order valence-corrected chi connectivity index (χ4v) is 6.74. The minimum Gasteiger partial charge on any atom is -0.342 e. The first kappa shape index (κ1) is 28.1. The minimum atomic E-state index is -0.751. The zero-order valence-corrected chi connectivity index (χ0v) is 24.2. The Morgan fingerprint density at radius 2 is 1.55 bits per heavy atom. The lowest BCUT2D eigenvalue weighted by Crippen LogP contribution is -2.58. The number of para-hydroxylation sites is 1. The molecule has 3 heterocycles. The zero-order valence-electron chi connectivity index (χ0n) is 24.2. The molecule has 1 unspecified atom stereocenters. The number of benzene rings is 2. The average molecular weight is 546 g/mol. The van der Waals surface area contributed by atoms with E-state index in [9.17, 15) is 14.4 Å². The van der Waals surface area contributed by atoms with Gasteiger partial charge in [0.05, 0.1) is 12.6 Å². The van der Waals surface area contributed by atoms with Crippen molar-refractivity contribution in [3.63, 3.8) is 0 Å². The van der Waals surface area contributed by atoms with Crippen molar-refractivity contribution in [1.29, 1.82) is 0 Å². The van der Waals surface area contributed by atoms with Gasteiger partial charge in [-0.1, -0.05) is 55.5 Å². The number of likely N-dealkylation sites (N-methyl/N-ethyl adjacent to an activating group) is 1. The Hall–Kier alpha value is -3.39. The summed E-state index contributed by atoms with van der Waals surface area (Å²) in [6.07, 6.45) is 3.75. The molecule has 8 nitrogen and oxygen atoms in total. The summed E-state index contributed by atoms with van der Waals surface area (Å²) >= 11 is 0. The molecule has 3 amide bonds. The molecule has 40 heavy (non-hydrogen) atoms. The Kier molecular flexibility index (Phi) is 8.45. The van der Waals surface area contributed by atoms with Crippen LogP contribution >= 0.6 is 0 Å². The summed E-state index contributed by atoms with van der Waals surface area (Å²) in [4.78, 5) is 51.1. The van der Waals surface area contributed by atoms with E-state index >= 15 is 0 Å². The predicted octanol–water partition coefficient (Wildman–Crippen LogP) is 3.40. The van der Waals surface area contributed by atoms with Crippen molar-refractivity contribution >= 4 is 23.4 Å². The van der Waals surface area contributed by atoms with Crippen molar-refractivity contribution in [3.05, 3.63) is 66.2 Å². The quantitative estimate of drug-likeness (QED) is 0.534. The van der Waals surface area contributed by atoms with E-state index in [1.54, 1.807) is 4.90 Å². The molecule has 0 N–H and O–H groups in total. The van der Waals surface area contributed by atoms with Gasteiger partial charge in [0.15, 0.2) is 0 Å². The van der Waals surface area contributed by atoms with Crippen LogP contribution in [-0.2, 0) is 14.4 Å². The number of hydrogen-bond acceptors (Lipinski definition) is 5. The van der Waals surface area contributed by atoms with Crippen molar-refractivity contribution in [2.75, 3.05) is 58.4 Å². The molecule has 3 aliphatic heterocycles. The highest BCUT2D eigenvalue weighted by Crippen LogP contribution is 2.40. The summed E-state index contributed by atoms with van der Waals surface area (Å²) in [5.41, 5.74) is 1.26. The van der Waals surface area contributed by atoms with Crippen LogP contribution in [0.3, 0.4) is 0 Å². The van der Waals surface area contributed by atoms with Gasteiger partial charge in [-0.25, -0.2) is 0 Å². The number of piperidine rings is 2. The molecule has 1 atom stereocenters. The number of amides is 3. The number of nitrogens with zero attached hydrogens (tertiary/aromatic N) is 5. The molecule has 1 spiro atoms. The Morgan fingerprint density at radius 1 is 0.950 bits per heavy atom. The second-order valence-electron chi connectivity index (χ2n) is 11.7. The van der Waals surface area contributed by atoms with Crippen LogP contribution in [0.25, 0.3) is 0 Å². The molecule has 3 aliphatic rings. The Labute approximate surface area is 238 Å². The molecule has 3 fully saturated rings. The summed E-state index contributed by atoms with van der Waals surface area (Å²) < 4.78 is 0. The highest BCUT2D eigenvalue weighted by molar-refractivity contribution is 5.96. The lowest BCUT2D eigenvalue weighted by molar-refractivity contribution is -0.143. The molecule has 0 radical (unpaired) electrons. The molecule has 2 aromatic carbocycles. The monoisotopic (exact) mass is 545 g/mol. The second kappa shape index (κ2) is 12.0. The summed E-state index contributed by atoms with van der Waals surface area (Å²) in [5, 5.41) is 0. The van der Waals surface area contributed by atoms with E-state index in [-0.39, 0.29) is 36.2 Å². The number of anilines is 1. The van der Waals surface area contributed by atoms with Crippen LogP contribution < -0.4 is 4.90 Å². The minimum absolute atomic E-state index is 0.00341. The van der Waals surface area contributed by atoms with Gasteiger partial charge in [-0.05, 0) is 69.9 Å². The van der Waals surface area contributed by atoms with Crippen molar-refractivity contribution < 1.29 is 14.4 Å². The maximum absolute atomic E-state index is 14.1. The number of carbonyl (C=O) groups is 3. The van der Waals surface area contributed by atoms with Gasteiger partial charge >= 0.3 is 0 Å². The zero-order chi connectivity index (χ0) is 28.3. The van der Waals surface area contributed by atoms with Crippen LogP contribution in [0.5, 0.6) is 0 Å². The second-order valence-corrected chi connectivity index (χ2v) is 11.7. The molecule has 214 valence electrons. The first-order valence-corrected chi connectivity index (χ1v) is 14.7. The van der Waals surface area contributed by atoms with Crippen LogP contribution in [0.15, 0.2) is 60.7 Å². The number of hydrogen-bond donors (Lipinski definition) is 0. The van der Waals surface area contributed by atoms with E-state index in [2.05, 4.69) is 23.8 Å². The van der Waals surface area contributed by atoms with Gasteiger partial charge < -0.3 is 24.5 Å². The first-order chi connectivity index (χ1) is 19.3. The lowest BCUT2D eigenvalue weighted by atomic mass is 9.84. The molecule has 3 saturated heterocycles. The molecular weight excluding hydrogens is 502 g/mol. The van der Waals surface area contributed by atoms with Crippen molar-refractivity contribution in [2.45, 2.75) is 56.5 Å². The van der Waals surface area contributed by atoms with Crippen LogP contribution in [0.1, 0.15) is 50.5 Å². The fourth-order valence-electron chi connectivity index (χ4n) is 6.74. The Bertz CT molecular complexity index is 1170. The van der Waals surface area contributed by atoms with E-state index in [0.717, 1.165) is 43.6 Å². The molecule has 0 bridgehead atoms. The highest BCUT2D eigenvalue weighted by Gasteiger charge is 2.54. The molecule has 0 aliphatic carbocycles. The van der Waals surface area contributed by atoms with E-state index in [1.807, 2.05) is 77.5 Å². The summed E-state index contributed by atoms with van der Waals surface area (Å²) in [7, 11) is 3.99. The Balaban J connectivity index is 1.31. The van der Waals surface area contributed by atoms with Crippen molar-refractivity contribution in [1.82, 2.24) is 19.6 Å². The van der Waals surface area contributed by atoms with Gasteiger partial charge in [0.2, 0.25) is 11.8 Å². The number of rotatable bonds is 7. The smallest absolute Gasteiger partial charge is 0.250 e. The number of likely N-dealkylation sites (tertiary alicyclic amines) is 2. The largest absolute Gasteiger partial charge is 0.342 e. The third-order valence-electron chi connectivity index (χ3n) is 9.35. The van der Waals surface area contributed by atoms with Crippen LogP contribution in [0.4, 0.5) is 5.69 Å². The third kappa shape index (κ3) is 5.46. The normalized spacial score (nSPS) is 20.7. The summed E-state index contributed by atoms with van der Waals surface area (Å²) in [6, 6.07) is 20.2. The molecule has 0 saturated carbocycles. The lowest BCUT2D eigenvalue weighted by Gasteiger charge is -2.44. The molecular formula is C32H43N5O3. The molecule has 2 aromatic rings. The van der Waals surface area contributed by atoms with Gasteiger partial charge in [-0.3, -0.25) is 14.4 Å². The summed E-state index contributed by atoms with van der Waals surface area (Å²) in [5.74, 6) is -0.0473. The van der Waals surface area contributed by atoms with E-state index < -0.39 is 5.54 Å². The van der Waals surface area contributed by atoms with Gasteiger partial charge in [0, 0.05) is 31.9 Å². The van der Waals surface area contributed by atoms with Gasteiger partial charge in [-0.2, -0.15) is 0 Å². The SMILES string of the molecule is CCC(C(=O)N1CCC2(CC1)C(=O)N(CC(=O)N(C)C1CCN(C)CC1)CN2c1ccccc1)c1ccccc1. The van der Waals surface area contributed by atoms with Gasteiger partial charge in [-0.15, -0.1) is 0 Å². The van der Waals surface area contributed by atoms with Gasteiger partial charge in [0.25, 0.3) is 5.91 Å². The standard InChI is InChI=1S/C32H43N5O3/c1-4-28(25-11-7-5-8-12-25)30(39)35-21-17-32(18-22-35)31(40)36(24-37(32)27-13-9-6-10-14-27)23-29(38)34(3)26-15-19-33(2)20-16-26/h5-14,26,28H,4,15-24H2,1-3H3. The Morgan fingerprint density at radius 3 is 2.15 bits per heavy atom. The number of carbonyl (C=O) groups excluding carboxylic acids is 3. The maximum atomic E-state index is 14.1. The van der Waals surface area contributed by atoms with E-state index in [4.69, 9.17) is 0 Å². The van der Waals surface area contributed by atoms with E-state index in [0.29, 0.717) is 32.6 Å². The molecule has 8 heteroatoms. The third-order valence-corrected chi connectivity index (χ3v) is 9.35. The maximum Gasteiger partial charge on any atom is 0.250 e. The average Bonchev–Trinajstić information content (AvgIpc) is 3.25. The van der Waals surface area contributed by atoms with Gasteiger partial charge in [0.1, 0.15) is 12.1 Å². The van der Waals surface area contributed by atoms with Crippen molar-refractivity contribution in [2.24, 2.45) is 0 Å². The molecule has 0 aromatic heterocycles. The summed E-state index contributed by atoms with van der Waals surface area (Å²) in [6.45, 7) is 5.52. The topological polar surface area (TPSA) is 67.4 Å². The van der Waals surface area contributed by atoms with Crippen LogP contribution in [0, 0.1) is 0 Å². The molecule has 5 rings (SSSR count). The first-order valence-electron chi connectivity index (χ1n) is 14.7. The van der Waals surface area contributed by atoms with E-state index in [1.165, 1.54) is 0 Å². The van der Waals surface area contributed by atoms with Crippen LogP contribution in [0.2, 0.25) is 0 Å². The van der Waals surface area contributed by atoms with Crippen LogP contribution in [-0.4, -0.2) is 102 Å². The predicted molar refractivity (Wildman–Crippen MR) is 157 cm³/mol. The van der Waals surface area contributed by atoms with Crippen molar-refractivity contribution in [3.8, 4) is 0 Å². The fraction of sp³-hybridized carbons (Fsp3) is 0.531. The highest BCUT2D eigenvalue weighted by atomic mass is 16.2.